The molecule has 2 heterocycles. The van der Waals surface area contributed by atoms with Crippen LogP contribution in [0, 0.1) is 12.8 Å². The summed E-state index contributed by atoms with van der Waals surface area (Å²) in [7, 11) is 0. The van der Waals surface area contributed by atoms with Crippen molar-refractivity contribution in [3.63, 3.8) is 0 Å². The average molecular weight is 335 g/mol. The second-order valence-corrected chi connectivity index (χ2v) is 5.40. The minimum absolute atomic E-state index is 0. The van der Waals surface area contributed by atoms with Gasteiger partial charge in [-0.3, -0.25) is 4.79 Å². The number of carbonyl (C=O) groups is 1. The van der Waals surface area contributed by atoms with Crippen LogP contribution < -0.4 is 10.6 Å². The van der Waals surface area contributed by atoms with Gasteiger partial charge >= 0.3 is 0 Å². The van der Waals surface area contributed by atoms with Gasteiger partial charge in [0.1, 0.15) is 10.4 Å². The molecule has 1 fully saturated rings. The molecule has 1 unspecified atom stereocenters. The van der Waals surface area contributed by atoms with Crippen LogP contribution in [0.1, 0.15) is 18.9 Å². The van der Waals surface area contributed by atoms with E-state index in [4.69, 9.17) is 0 Å². The topological polar surface area (TPSA) is 54.0 Å². The molecule has 0 aliphatic carbocycles. The number of hydrogen-bond donors (Lipinski definition) is 2. The van der Waals surface area contributed by atoms with Crippen LogP contribution in [0.25, 0.3) is 0 Å². The first-order valence-electron chi connectivity index (χ1n) is 5.73. The Hall–Kier alpha value is -0.650. The van der Waals surface area contributed by atoms with E-state index in [9.17, 15) is 4.79 Å². The molecular weight excluding hydrogens is 318 g/mol. The normalized spacial score (nSPS) is 22.4. The molecule has 2 atom stereocenters. The van der Waals surface area contributed by atoms with Gasteiger partial charge in [0, 0.05) is 0 Å². The number of aromatic nitrogens is 1. The maximum atomic E-state index is 12.0. The summed E-state index contributed by atoms with van der Waals surface area (Å²) < 4.78 is 0.728. The van der Waals surface area contributed by atoms with Crippen LogP contribution in [-0.4, -0.2) is 23.5 Å². The largest absolute Gasteiger partial charge is 0.309 e. The Morgan fingerprint density at radius 1 is 1.56 bits per heavy atom. The van der Waals surface area contributed by atoms with Gasteiger partial charge in [0.05, 0.1) is 6.04 Å². The van der Waals surface area contributed by atoms with Crippen molar-refractivity contribution in [3.8, 4) is 0 Å². The van der Waals surface area contributed by atoms with E-state index in [0.717, 1.165) is 23.1 Å². The van der Waals surface area contributed by atoms with Crippen molar-refractivity contribution in [1.82, 2.24) is 10.3 Å². The fourth-order valence-electron chi connectivity index (χ4n) is 1.95. The van der Waals surface area contributed by atoms with E-state index in [0.29, 0.717) is 11.7 Å². The highest BCUT2D eigenvalue weighted by Crippen LogP contribution is 2.18. The second kappa shape index (κ2) is 6.50. The van der Waals surface area contributed by atoms with E-state index in [1.807, 2.05) is 19.1 Å². The minimum Gasteiger partial charge on any atom is -0.309 e. The van der Waals surface area contributed by atoms with Crippen molar-refractivity contribution in [2.24, 2.45) is 5.92 Å². The van der Waals surface area contributed by atoms with Crippen LogP contribution in [0.15, 0.2) is 16.7 Å². The third kappa shape index (κ3) is 3.67. The number of nitrogens with one attached hydrogen (secondary N) is 2. The zero-order valence-corrected chi connectivity index (χ0v) is 12.8. The molecular formula is C12H17BrClN3O. The smallest absolute Gasteiger partial charge is 0.242 e. The molecule has 4 nitrogen and oxygen atoms in total. The van der Waals surface area contributed by atoms with Crippen LogP contribution >= 0.6 is 28.3 Å². The van der Waals surface area contributed by atoms with E-state index in [2.05, 4.69) is 38.5 Å². The van der Waals surface area contributed by atoms with Gasteiger partial charge in [-0.2, -0.15) is 0 Å². The van der Waals surface area contributed by atoms with Gasteiger partial charge < -0.3 is 10.6 Å². The number of pyridine rings is 1. The molecule has 6 heteroatoms. The number of rotatable bonds is 2. The highest BCUT2D eigenvalue weighted by atomic mass is 79.9. The number of halogens is 2. The Kier molecular flexibility index (Phi) is 5.56. The number of amides is 1. The lowest BCUT2D eigenvalue weighted by molar-refractivity contribution is -0.117. The lowest BCUT2D eigenvalue weighted by Gasteiger charge is -2.12. The lowest BCUT2D eigenvalue weighted by atomic mass is 10.1. The zero-order valence-electron chi connectivity index (χ0n) is 10.4. The molecule has 2 rings (SSSR count). The summed E-state index contributed by atoms with van der Waals surface area (Å²) in [4.78, 5) is 16.3. The van der Waals surface area contributed by atoms with Crippen molar-refractivity contribution in [2.75, 3.05) is 11.9 Å². The Labute approximate surface area is 121 Å². The molecule has 1 aromatic heterocycles. The van der Waals surface area contributed by atoms with Gasteiger partial charge in [-0.25, -0.2) is 4.98 Å². The summed E-state index contributed by atoms with van der Waals surface area (Å²) in [5, 5.41) is 6.08. The predicted molar refractivity (Wildman–Crippen MR) is 78.1 cm³/mol. The summed E-state index contributed by atoms with van der Waals surface area (Å²) >= 11 is 3.30. The fraction of sp³-hybridized carbons (Fsp3) is 0.500. The van der Waals surface area contributed by atoms with Gasteiger partial charge in [0.15, 0.2) is 0 Å². The van der Waals surface area contributed by atoms with E-state index in [1.54, 1.807) is 0 Å². The molecule has 0 aromatic carbocycles. The van der Waals surface area contributed by atoms with Gasteiger partial charge in [0.2, 0.25) is 5.91 Å². The number of anilines is 1. The third-order valence-corrected chi connectivity index (χ3v) is 3.41. The van der Waals surface area contributed by atoms with E-state index < -0.39 is 0 Å². The van der Waals surface area contributed by atoms with Crippen molar-refractivity contribution in [2.45, 2.75) is 26.3 Å². The zero-order chi connectivity index (χ0) is 12.4. The summed E-state index contributed by atoms with van der Waals surface area (Å²) in [6.07, 6.45) is 0.888. The van der Waals surface area contributed by atoms with Gasteiger partial charge in [0.25, 0.3) is 0 Å². The van der Waals surface area contributed by atoms with Crippen molar-refractivity contribution < 1.29 is 4.79 Å². The maximum absolute atomic E-state index is 12.0. The molecule has 0 spiro atoms. The minimum atomic E-state index is -0.0924. The van der Waals surface area contributed by atoms with E-state index in [1.165, 1.54) is 0 Å². The van der Waals surface area contributed by atoms with Crippen molar-refractivity contribution in [1.29, 1.82) is 0 Å². The number of carbonyl (C=O) groups excluding carboxylic acids is 1. The van der Waals surface area contributed by atoms with Crippen LogP contribution in [0.2, 0.25) is 0 Å². The molecule has 100 valence electrons. The van der Waals surface area contributed by atoms with Crippen LogP contribution in [0.5, 0.6) is 0 Å². The Bertz CT molecular complexity index is 441. The molecule has 1 aliphatic rings. The number of aryl methyl sites for hydroxylation is 1. The highest BCUT2D eigenvalue weighted by molar-refractivity contribution is 9.10. The van der Waals surface area contributed by atoms with Gasteiger partial charge in [-0.15, -0.1) is 12.4 Å². The number of hydrogen-bond acceptors (Lipinski definition) is 3. The predicted octanol–water partition coefficient (Wildman–Crippen LogP) is 2.51. The Morgan fingerprint density at radius 2 is 2.28 bits per heavy atom. The molecule has 0 saturated carbocycles. The van der Waals surface area contributed by atoms with Crippen LogP contribution in [-0.2, 0) is 4.79 Å². The first-order chi connectivity index (χ1) is 8.06. The number of nitrogens with zero attached hydrogens (tertiary/aromatic N) is 1. The van der Waals surface area contributed by atoms with Crippen LogP contribution in [0.3, 0.4) is 0 Å². The van der Waals surface area contributed by atoms with Crippen molar-refractivity contribution >= 4 is 40.1 Å². The van der Waals surface area contributed by atoms with Gasteiger partial charge in [-0.05, 0) is 53.4 Å². The summed E-state index contributed by atoms with van der Waals surface area (Å²) in [6, 6.07) is 3.70. The van der Waals surface area contributed by atoms with Gasteiger partial charge in [-0.1, -0.05) is 13.0 Å². The molecule has 1 aromatic rings. The summed E-state index contributed by atoms with van der Waals surface area (Å²) in [5.41, 5.74) is 0.965. The van der Waals surface area contributed by atoms with E-state index >= 15 is 0 Å². The lowest BCUT2D eigenvalue weighted by Crippen LogP contribution is -2.35. The third-order valence-electron chi connectivity index (χ3n) is 2.97. The molecule has 1 aliphatic heterocycles. The summed E-state index contributed by atoms with van der Waals surface area (Å²) in [6.45, 7) is 4.98. The standard InChI is InChI=1S/C12H16BrN3O.ClH/c1-7-5-9(14-6-7)12(17)16-11-8(2)3-4-10(13)15-11;/h3-4,7,9,14H,5-6H2,1-2H3,(H,15,16,17);1H/t7?,9-;/m0./s1. The summed E-state index contributed by atoms with van der Waals surface area (Å²) in [5.74, 6) is 1.19. The molecule has 1 amide bonds. The SMILES string of the molecule is Cc1ccc(Br)nc1NC(=O)[C@@H]1CC(C)CN1.Cl. The molecule has 0 radical (unpaired) electrons. The second-order valence-electron chi connectivity index (χ2n) is 4.59. The first kappa shape index (κ1) is 15.4. The maximum Gasteiger partial charge on any atom is 0.242 e. The Balaban J connectivity index is 0.00000162. The molecule has 2 N–H and O–H groups in total. The Morgan fingerprint density at radius 3 is 2.89 bits per heavy atom. The van der Waals surface area contributed by atoms with Crippen molar-refractivity contribution in [3.05, 3.63) is 22.3 Å². The first-order valence-corrected chi connectivity index (χ1v) is 6.53. The van der Waals surface area contributed by atoms with Crippen LogP contribution in [0.4, 0.5) is 5.82 Å². The van der Waals surface area contributed by atoms with E-state index in [-0.39, 0.29) is 24.4 Å². The molecule has 1 saturated heterocycles. The molecule has 18 heavy (non-hydrogen) atoms. The monoisotopic (exact) mass is 333 g/mol. The average Bonchev–Trinajstić information content (AvgIpc) is 2.70. The highest BCUT2D eigenvalue weighted by Gasteiger charge is 2.27. The molecule has 0 bridgehead atoms. The quantitative estimate of drug-likeness (QED) is 0.817. The fourth-order valence-corrected chi connectivity index (χ4v) is 2.26.